The lowest BCUT2D eigenvalue weighted by Gasteiger charge is -2.14. The fraction of sp³-hybridized carbons (Fsp3) is 0.545. The quantitative estimate of drug-likeness (QED) is 0.788. The summed E-state index contributed by atoms with van der Waals surface area (Å²) in [7, 11) is 0. The molecule has 2 aliphatic rings. The summed E-state index contributed by atoms with van der Waals surface area (Å²) < 4.78 is 0. The van der Waals surface area contributed by atoms with Crippen molar-refractivity contribution in [2.45, 2.75) is 25.3 Å². The maximum Gasteiger partial charge on any atom is 0.319 e. The van der Waals surface area contributed by atoms with Gasteiger partial charge in [-0.15, -0.1) is 0 Å². The van der Waals surface area contributed by atoms with Crippen LogP contribution in [0.5, 0.6) is 0 Å². The molecular formula is C11H14N4O. The van der Waals surface area contributed by atoms with E-state index in [0.29, 0.717) is 11.7 Å². The Morgan fingerprint density at radius 2 is 2.06 bits per heavy atom. The fourth-order valence-corrected chi connectivity index (χ4v) is 2.55. The van der Waals surface area contributed by atoms with E-state index in [1.165, 1.54) is 12.6 Å². The van der Waals surface area contributed by atoms with Gasteiger partial charge in [-0.3, -0.25) is 0 Å². The number of urea groups is 1. The second kappa shape index (κ2) is 3.73. The highest BCUT2D eigenvalue weighted by molar-refractivity contribution is 5.89. The average molecular weight is 218 g/mol. The lowest BCUT2D eigenvalue weighted by Crippen LogP contribution is -2.37. The second-order valence-electron chi connectivity index (χ2n) is 4.65. The Bertz CT molecular complexity index is 384. The topological polar surface area (TPSA) is 66.9 Å². The minimum Gasteiger partial charge on any atom is -0.335 e. The molecule has 84 valence electrons. The van der Waals surface area contributed by atoms with E-state index in [1.807, 2.05) is 0 Å². The monoisotopic (exact) mass is 218 g/mol. The van der Waals surface area contributed by atoms with Gasteiger partial charge >= 0.3 is 6.03 Å². The molecule has 0 aromatic carbocycles. The predicted molar refractivity (Wildman–Crippen MR) is 58.8 cm³/mol. The molecule has 1 aromatic rings. The van der Waals surface area contributed by atoms with Crippen LogP contribution in [0, 0.1) is 11.8 Å². The molecule has 2 saturated carbocycles. The maximum atomic E-state index is 11.6. The summed E-state index contributed by atoms with van der Waals surface area (Å²) in [4.78, 5) is 11.6. The summed E-state index contributed by atoms with van der Waals surface area (Å²) >= 11 is 0. The van der Waals surface area contributed by atoms with E-state index in [-0.39, 0.29) is 6.03 Å². The summed E-state index contributed by atoms with van der Waals surface area (Å²) in [5, 5.41) is 13.1. The van der Waals surface area contributed by atoms with E-state index in [2.05, 4.69) is 20.8 Å². The summed E-state index contributed by atoms with van der Waals surface area (Å²) in [6.07, 6.45) is 6.75. The Kier molecular flexibility index (Phi) is 2.23. The number of carbonyl (C=O) groups excluding carboxylic acids is 1. The molecule has 2 N–H and O–H groups in total. The first-order valence-corrected chi connectivity index (χ1v) is 5.65. The molecular weight excluding hydrogens is 204 g/mol. The number of fused-ring (bicyclic) bond motifs is 1. The first-order chi connectivity index (χ1) is 7.81. The van der Waals surface area contributed by atoms with Gasteiger partial charge in [0.2, 0.25) is 0 Å². The Labute approximate surface area is 93.6 Å². The van der Waals surface area contributed by atoms with E-state index in [4.69, 9.17) is 0 Å². The van der Waals surface area contributed by atoms with Crippen molar-refractivity contribution in [3.05, 3.63) is 18.5 Å². The number of hydrogen-bond acceptors (Lipinski definition) is 3. The number of hydrogen-bond donors (Lipinski definition) is 2. The molecule has 0 spiro atoms. The largest absolute Gasteiger partial charge is 0.335 e. The molecule has 2 amide bonds. The van der Waals surface area contributed by atoms with Crippen molar-refractivity contribution in [1.82, 2.24) is 15.5 Å². The lowest BCUT2D eigenvalue weighted by molar-refractivity contribution is 0.247. The molecule has 5 nitrogen and oxygen atoms in total. The Morgan fingerprint density at radius 1 is 1.25 bits per heavy atom. The van der Waals surface area contributed by atoms with E-state index in [9.17, 15) is 4.79 Å². The molecule has 0 radical (unpaired) electrons. The van der Waals surface area contributed by atoms with E-state index in [1.54, 1.807) is 12.3 Å². The van der Waals surface area contributed by atoms with Crippen LogP contribution in [-0.4, -0.2) is 22.3 Å². The molecule has 0 bridgehead atoms. The Hall–Kier alpha value is -1.65. The number of aromatic nitrogens is 2. The van der Waals surface area contributed by atoms with Crippen LogP contribution in [0.4, 0.5) is 10.5 Å². The van der Waals surface area contributed by atoms with Gasteiger partial charge < -0.3 is 10.6 Å². The molecule has 5 heteroatoms. The van der Waals surface area contributed by atoms with Gasteiger partial charge in [-0.05, 0) is 37.2 Å². The first kappa shape index (κ1) is 9.57. The van der Waals surface area contributed by atoms with Crippen molar-refractivity contribution >= 4 is 11.7 Å². The molecule has 3 rings (SSSR count). The highest BCUT2D eigenvalue weighted by Crippen LogP contribution is 2.51. The smallest absolute Gasteiger partial charge is 0.319 e. The van der Waals surface area contributed by atoms with Gasteiger partial charge in [0.1, 0.15) is 0 Å². The average Bonchev–Trinajstić information content (AvgIpc) is 2.88. The van der Waals surface area contributed by atoms with Crippen molar-refractivity contribution in [3.8, 4) is 0 Å². The molecule has 1 heterocycles. The fourth-order valence-electron chi connectivity index (χ4n) is 2.55. The third kappa shape index (κ3) is 1.98. The van der Waals surface area contributed by atoms with Gasteiger partial charge in [-0.2, -0.15) is 10.2 Å². The number of anilines is 1. The zero-order valence-electron chi connectivity index (χ0n) is 8.89. The van der Waals surface area contributed by atoms with Crippen LogP contribution in [0.25, 0.3) is 0 Å². The number of nitrogens with zero attached hydrogens (tertiary/aromatic N) is 2. The highest BCUT2D eigenvalue weighted by atomic mass is 16.2. The molecule has 2 atom stereocenters. The minimum atomic E-state index is -0.140. The van der Waals surface area contributed by atoms with Gasteiger partial charge in [-0.1, -0.05) is 0 Å². The Morgan fingerprint density at radius 3 is 2.75 bits per heavy atom. The van der Waals surface area contributed by atoms with Crippen LogP contribution in [0.2, 0.25) is 0 Å². The van der Waals surface area contributed by atoms with Crippen LogP contribution in [0.1, 0.15) is 19.3 Å². The molecule has 0 saturated heterocycles. The number of carbonyl (C=O) groups is 1. The van der Waals surface area contributed by atoms with Crippen LogP contribution < -0.4 is 10.6 Å². The summed E-state index contributed by atoms with van der Waals surface area (Å²) in [6, 6.07) is 1.94. The highest BCUT2D eigenvalue weighted by Gasteiger charge is 2.46. The van der Waals surface area contributed by atoms with E-state index in [0.717, 1.165) is 24.7 Å². The molecule has 2 unspecified atom stereocenters. The first-order valence-electron chi connectivity index (χ1n) is 5.65. The Balaban J connectivity index is 1.50. The van der Waals surface area contributed by atoms with Gasteiger partial charge in [0.05, 0.1) is 18.1 Å². The zero-order valence-corrected chi connectivity index (χ0v) is 8.89. The summed E-state index contributed by atoms with van der Waals surface area (Å²) in [5.41, 5.74) is 0.677. The summed E-state index contributed by atoms with van der Waals surface area (Å²) in [5.74, 6) is 1.76. The van der Waals surface area contributed by atoms with E-state index >= 15 is 0 Å². The van der Waals surface area contributed by atoms with Crippen molar-refractivity contribution in [1.29, 1.82) is 0 Å². The van der Waals surface area contributed by atoms with Crippen molar-refractivity contribution in [2.75, 3.05) is 5.32 Å². The van der Waals surface area contributed by atoms with Crippen molar-refractivity contribution in [2.24, 2.45) is 11.8 Å². The van der Waals surface area contributed by atoms with Crippen LogP contribution in [0.3, 0.4) is 0 Å². The zero-order chi connectivity index (χ0) is 11.0. The lowest BCUT2D eigenvalue weighted by atomic mass is 10.2. The minimum absolute atomic E-state index is 0.140. The molecule has 2 aliphatic carbocycles. The van der Waals surface area contributed by atoms with Crippen LogP contribution in [0.15, 0.2) is 18.5 Å². The summed E-state index contributed by atoms with van der Waals surface area (Å²) in [6.45, 7) is 0. The molecule has 16 heavy (non-hydrogen) atoms. The molecule has 2 fully saturated rings. The van der Waals surface area contributed by atoms with Gasteiger partial charge in [0.15, 0.2) is 0 Å². The third-order valence-corrected chi connectivity index (χ3v) is 3.42. The SMILES string of the molecule is O=C(Nc1ccnnc1)NC1CC2CC2C1. The second-order valence-corrected chi connectivity index (χ2v) is 4.65. The van der Waals surface area contributed by atoms with Gasteiger partial charge in [0.25, 0.3) is 0 Å². The standard InChI is InChI=1S/C11H14N4O/c16-11(14-9-1-2-12-13-6-9)15-10-4-7-3-8(7)5-10/h1-2,6-8,10H,3-5H2,(H2,12,14,15,16). The number of nitrogens with one attached hydrogen (secondary N) is 2. The third-order valence-electron chi connectivity index (χ3n) is 3.42. The van der Waals surface area contributed by atoms with Crippen molar-refractivity contribution in [3.63, 3.8) is 0 Å². The van der Waals surface area contributed by atoms with Gasteiger partial charge in [-0.25, -0.2) is 4.79 Å². The number of rotatable bonds is 2. The molecule has 0 aliphatic heterocycles. The predicted octanol–water partition coefficient (Wildman–Crippen LogP) is 1.40. The van der Waals surface area contributed by atoms with Gasteiger partial charge in [0, 0.05) is 6.04 Å². The normalized spacial score (nSPS) is 30.6. The molecule has 1 aromatic heterocycles. The van der Waals surface area contributed by atoms with Crippen LogP contribution >= 0.6 is 0 Å². The number of amides is 2. The van der Waals surface area contributed by atoms with Crippen molar-refractivity contribution < 1.29 is 4.79 Å². The maximum absolute atomic E-state index is 11.6. The van der Waals surface area contributed by atoms with Crippen LogP contribution in [-0.2, 0) is 0 Å². The van der Waals surface area contributed by atoms with E-state index < -0.39 is 0 Å².